The molecule has 0 fully saturated rings. The Balaban J connectivity index is 4.43. The van der Waals surface area contributed by atoms with Gasteiger partial charge in [0, 0.05) is 5.92 Å². The lowest BCUT2D eigenvalue weighted by atomic mass is 9.94. The van der Waals surface area contributed by atoms with E-state index in [1.165, 1.54) is 11.1 Å². The molecule has 0 aromatic rings. The second-order valence-electron chi connectivity index (χ2n) is 4.73. The predicted octanol–water partition coefficient (Wildman–Crippen LogP) is 3.88. The summed E-state index contributed by atoms with van der Waals surface area (Å²) in [5, 5.41) is 0. The normalized spacial score (nSPS) is 11.9. The molecule has 0 N–H and O–H groups in total. The minimum Gasteiger partial charge on any atom is -0.465 e. The fourth-order valence-electron chi connectivity index (χ4n) is 1.45. The zero-order chi connectivity index (χ0) is 12.6. The average molecular weight is 224 g/mol. The summed E-state index contributed by atoms with van der Waals surface area (Å²) in [6.07, 6.45) is 6.30. The zero-order valence-corrected chi connectivity index (χ0v) is 11.1. The first-order valence-electron chi connectivity index (χ1n) is 5.83. The van der Waals surface area contributed by atoms with E-state index in [0.29, 0.717) is 12.4 Å². The van der Waals surface area contributed by atoms with E-state index in [-0.39, 0.29) is 6.10 Å². The molecular weight excluding hydrogens is 200 g/mol. The molecule has 1 atom stereocenters. The average Bonchev–Trinajstić information content (AvgIpc) is 2.17. The van der Waals surface area contributed by atoms with Gasteiger partial charge in [0.25, 0.3) is 6.47 Å². The Hall–Kier alpha value is -1.05. The van der Waals surface area contributed by atoms with Crippen LogP contribution in [0, 0.1) is 5.92 Å². The number of hydrogen-bond donors (Lipinski definition) is 0. The molecule has 0 bridgehead atoms. The Labute approximate surface area is 99.4 Å². The molecule has 0 rings (SSSR count). The molecule has 0 saturated carbocycles. The second-order valence-corrected chi connectivity index (χ2v) is 4.73. The van der Waals surface area contributed by atoms with Gasteiger partial charge in [-0.15, -0.1) is 0 Å². The van der Waals surface area contributed by atoms with E-state index in [0.717, 1.165) is 12.8 Å². The van der Waals surface area contributed by atoms with Gasteiger partial charge < -0.3 is 4.74 Å². The van der Waals surface area contributed by atoms with Crippen LogP contribution >= 0.6 is 0 Å². The Kier molecular flexibility index (Phi) is 7.61. The van der Waals surface area contributed by atoms with Crippen molar-refractivity contribution in [1.29, 1.82) is 0 Å². The van der Waals surface area contributed by atoms with Gasteiger partial charge in [0.05, 0.1) is 0 Å². The molecule has 0 aromatic carbocycles. The smallest absolute Gasteiger partial charge is 0.293 e. The molecule has 0 amide bonds. The summed E-state index contributed by atoms with van der Waals surface area (Å²) in [4.78, 5) is 10.3. The lowest BCUT2D eigenvalue weighted by molar-refractivity contribution is -0.135. The van der Waals surface area contributed by atoms with Gasteiger partial charge in [-0.05, 0) is 47.5 Å². The Morgan fingerprint density at radius 2 is 1.50 bits per heavy atom. The van der Waals surface area contributed by atoms with Crippen LogP contribution < -0.4 is 0 Å². The quantitative estimate of drug-likeness (QED) is 0.484. The third-order valence-corrected chi connectivity index (χ3v) is 2.59. The standard InChI is InChI=1S/C14H24O2/c1-11(2)6-8-14(9-7-12(3)4)13(5)16-10-15/h6-7,10,13-14H,8-9H2,1-5H3. The third kappa shape index (κ3) is 7.27. The van der Waals surface area contributed by atoms with E-state index in [4.69, 9.17) is 4.74 Å². The van der Waals surface area contributed by atoms with Crippen LogP contribution in [0.5, 0.6) is 0 Å². The van der Waals surface area contributed by atoms with Crippen molar-refractivity contribution in [2.24, 2.45) is 5.92 Å². The van der Waals surface area contributed by atoms with E-state index in [1.807, 2.05) is 6.92 Å². The molecule has 0 aliphatic rings. The van der Waals surface area contributed by atoms with Crippen LogP contribution in [0.15, 0.2) is 23.3 Å². The SMILES string of the molecule is CC(C)=CCC(CC=C(C)C)C(C)OC=O. The molecule has 0 saturated heterocycles. The van der Waals surface area contributed by atoms with Crippen LogP contribution in [-0.4, -0.2) is 12.6 Å². The molecule has 0 aliphatic carbocycles. The molecule has 2 nitrogen and oxygen atoms in total. The summed E-state index contributed by atoms with van der Waals surface area (Å²) >= 11 is 0. The molecule has 0 aromatic heterocycles. The van der Waals surface area contributed by atoms with Crippen molar-refractivity contribution in [3.05, 3.63) is 23.3 Å². The number of allylic oxidation sites excluding steroid dienone is 4. The first-order chi connectivity index (χ1) is 7.47. The second kappa shape index (κ2) is 8.14. The molecule has 0 radical (unpaired) electrons. The number of rotatable bonds is 7. The number of hydrogen-bond acceptors (Lipinski definition) is 2. The summed E-state index contributed by atoms with van der Waals surface area (Å²) < 4.78 is 5.03. The minimum absolute atomic E-state index is 0.0244. The summed E-state index contributed by atoms with van der Waals surface area (Å²) in [5.41, 5.74) is 2.61. The van der Waals surface area contributed by atoms with Gasteiger partial charge in [0.15, 0.2) is 0 Å². The lowest BCUT2D eigenvalue weighted by Gasteiger charge is -2.20. The van der Waals surface area contributed by atoms with Crippen LogP contribution in [0.4, 0.5) is 0 Å². The van der Waals surface area contributed by atoms with Crippen molar-refractivity contribution < 1.29 is 9.53 Å². The van der Waals surface area contributed by atoms with E-state index >= 15 is 0 Å². The summed E-state index contributed by atoms with van der Waals surface area (Å²) in [5.74, 6) is 0.370. The van der Waals surface area contributed by atoms with E-state index in [2.05, 4.69) is 39.8 Å². The van der Waals surface area contributed by atoms with Gasteiger partial charge in [-0.3, -0.25) is 4.79 Å². The fraction of sp³-hybridized carbons (Fsp3) is 0.643. The van der Waals surface area contributed by atoms with Gasteiger partial charge in [0.1, 0.15) is 6.10 Å². The highest BCUT2D eigenvalue weighted by Crippen LogP contribution is 2.19. The van der Waals surface area contributed by atoms with Crippen molar-refractivity contribution >= 4 is 6.47 Å². The van der Waals surface area contributed by atoms with E-state index < -0.39 is 0 Å². The predicted molar refractivity (Wildman–Crippen MR) is 68.2 cm³/mol. The first kappa shape index (κ1) is 14.9. The Morgan fingerprint density at radius 1 is 1.06 bits per heavy atom. The maximum absolute atomic E-state index is 10.3. The maximum Gasteiger partial charge on any atom is 0.293 e. The van der Waals surface area contributed by atoms with Gasteiger partial charge in [-0.2, -0.15) is 0 Å². The molecule has 0 spiro atoms. The molecule has 0 aliphatic heterocycles. The van der Waals surface area contributed by atoms with E-state index in [9.17, 15) is 4.79 Å². The highest BCUT2D eigenvalue weighted by Gasteiger charge is 2.15. The first-order valence-corrected chi connectivity index (χ1v) is 5.83. The van der Waals surface area contributed by atoms with Crippen LogP contribution in [0.25, 0.3) is 0 Å². The van der Waals surface area contributed by atoms with Gasteiger partial charge >= 0.3 is 0 Å². The van der Waals surface area contributed by atoms with Gasteiger partial charge in [0.2, 0.25) is 0 Å². The number of carbonyl (C=O) groups excluding carboxylic acids is 1. The van der Waals surface area contributed by atoms with Crippen molar-refractivity contribution in [3.63, 3.8) is 0 Å². The number of ether oxygens (including phenoxy) is 1. The largest absolute Gasteiger partial charge is 0.465 e. The molecular formula is C14H24O2. The Morgan fingerprint density at radius 3 is 1.81 bits per heavy atom. The van der Waals surface area contributed by atoms with Crippen LogP contribution in [0.1, 0.15) is 47.5 Å². The van der Waals surface area contributed by atoms with Crippen LogP contribution in [-0.2, 0) is 9.53 Å². The van der Waals surface area contributed by atoms with Crippen LogP contribution in [0.3, 0.4) is 0 Å². The van der Waals surface area contributed by atoms with Crippen molar-refractivity contribution in [1.82, 2.24) is 0 Å². The Bertz CT molecular complexity index is 236. The molecule has 16 heavy (non-hydrogen) atoms. The third-order valence-electron chi connectivity index (χ3n) is 2.59. The highest BCUT2D eigenvalue weighted by atomic mass is 16.5. The monoisotopic (exact) mass is 224 g/mol. The molecule has 2 heteroatoms. The van der Waals surface area contributed by atoms with Crippen molar-refractivity contribution in [2.45, 2.75) is 53.6 Å². The molecule has 0 heterocycles. The van der Waals surface area contributed by atoms with Crippen LogP contribution in [0.2, 0.25) is 0 Å². The minimum atomic E-state index is -0.0244. The topological polar surface area (TPSA) is 26.3 Å². The zero-order valence-electron chi connectivity index (χ0n) is 11.1. The molecule has 1 unspecified atom stereocenters. The summed E-state index contributed by atoms with van der Waals surface area (Å²) in [6, 6.07) is 0. The maximum atomic E-state index is 10.3. The van der Waals surface area contributed by atoms with Crippen molar-refractivity contribution in [3.8, 4) is 0 Å². The summed E-state index contributed by atoms with van der Waals surface area (Å²) in [6.45, 7) is 10.8. The van der Waals surface area contributed by atoms with Gasteiger partial charge in [-0.25, -0.2) is 0 Å². The van der Waals surface area contributed by atoms with Gasteiger partial charge in [-0.1, -0.05) is 23.3 Å². The van der Waals surface area contributed by atoms with E-state index in [1.54, 1.807) is 0 Å². The summed E-state index contributed by atoms with van der Waals surface area (Å²) in [7, 11) is 0. The molecule has 92 valence electrons. The lowest BCUT2D eigenvalue weighted by Crippen LogP contribution is -2.19. The van der Waals surface area contributed by atoms with Crippen molar-refractivity contribution in [2.75, 3.05) is 0 Å². The fourth-order valence-corrected chi connectivity index (χ4v) is 1.45. The highest BCUT2D eigenvalue weighted by molar-refractivity contribution is 5.37. The number of carbonyl (C=O) groups is 1.